The molecule has 1 saturated carbocycles. The molecule has 1 aliphatic carbocycles. The fourth-order valence-electron chi connectivity index (χ4n) is 2.66. The predicted molar refractivity (Wildman–Crippen MR) is 74.8 cm³/mol. The zero-order chi connectivity index (χ0) is 13.0. The Morgan fingerprint density at radius 1 is 1.33 bits per heavy atom. The van der Waals surface area contributed by atoms with Crippen molar-refractivity contribution >= 4 is 17.5 Å². The molecule has 1 unspecified atom stereocenters. The van der Waals surface area contributed by atoms with Crippen LogP contribution in [0.15, 0.2) is 35.2 Å². The molecular weight excluding hydrogens is 244 g/mol. The summed E-state index contributed by atoms with van der Waals surface area (Å²) in [6.07, 6.45) is 4.05. The lowest BCUT2D eigenvalue weighted by molar-refractivity contribution is -0.119. The second-order valence-corrected chi connectivity index (χ2v) is 6.60. The van der Waals surface area contributed by atoms with Crippen molar-refractivity contribution in [2.75, 3.05) is 0 Å². The second kappa shape index (κ2) is 5.89. The molecule has 1 atom stereocenters. The Labute approximate surface area is 113 Å². The average molecular weight is 264 g/mol. The monoisotopic (exact) mass is 264 g/mol. The Bertz CT molecular complexity index is 396. The van der Waals surface area contributed by atoms with Gasteiger partial charge in [-0.1, -0.05) is 31.0 Å². The van der Waals surface area contributed by atoms with Crippen LogP contribution in [0.1, 0.15) is 39.0 Å². The number of thioether (sulfide) groups is 1. The molecular formula is C15H20O2S. The first kappa shape index (κ1) is 13.6. The largest absolute Gasteiger partial charge is 0.391 e. The average Bonchev–Trinajstić information content (AvgIpc) is 2.79. The van der Waals surface area contributed by atoms with Gasteiger partial charge in [-0.3, -0.25) is 4.79 Å². The molecule has 1 aliphatic rings. The summed E-state index contributed by atoms with van der Waals surface area (Å²) in [5, 5.41) is 10.4. The van der Waals surface area contributed by atoms with Gasteiger partial charge < -0.3 is 5.11 Å². The van der Waals surface area contributed by atoms with E-state index in [1.165, 1.54) is 4.90 Å². The molecule has 1 aromatic rings. The van der Waals surface area contributed by atoms with Gasteiger partial charge in [-0.2, -0.15) is 0 Å². The van der Waals surface area contributed by atoms with Crippen LogP contribution in [0.3, 0.4) is 0 Å². The summed E-state index contributed by atoms with van der Waals surface area (Å²) in [6.45, 7) is 1.55. The number of carbonyl (C=O) groups is 1. The molecule has 0 radical (unpaired) electrons. The van der Waals surface area contributed by atoms with Gasteiger partial charge in [0.05, 0.1) is 6.10 Å². The maximum Gasteiger partial charge on any atom is 0.132 e. The molecule has 0 spiro atoms. The van der Waals surface area contributed by atoms with Gasteiger partial charge in [-0.05, 0) is 31.9 Å². The predicted octanol–water partition coefficient (Wildman–Crippen LogP) is 3.43. The minimum absolute atomic E-state index is 0.0717. The highest BCUT2D eigenvalue weighted by molar-refractivity contribution is 8.00. The van der Waals surface area contributed by atoms with Crippen LogP contribution in [-0.4, -0.2) is 21.7 Å². The fourth-order valence-corrected chi connectivity index (χ4v) is 4.13. The summed E-state index contributed by atoms with van der Waals surface area (Å²) in [6, 6.07) is 10.2. The molecule has 1 aromatic carbocycles. The van der Waals surface area contributed by atoms with Crippen molar-refractivity contribution in [1.82, 2.24) is 0 Å². The third-order valence-corrected chi connectivity index (χ3v) is 5.20. The Morgan fingerprint density at radius 2 is 1.94 bits per heavy atom. The van der Waals surface area contributed by atoms with Crippen molar-refractivity contribution in [3.05, 3.63) is 30.3 Å². The van der Waals surface area contributed by atoms with E-state index in [4.69, 9.17) is 0 Å². The lowest BCUT2D eigenvalue weighted by Gasteiger charge is -2.33. The van der Waals surface area contributed by atoms with Gasteiger partial charge in [0, 0.05) is 16.1 Å². The van der Waals surface area contributed by atoms with Gasteiger partial charge in [0.2, 0.25) is 0 Å². The topological polar surface area (TPSA) is 37.3 Å². The number of aliphatic hydroxyl groups is 1. The highest BCUT2D eigenvalue weighted by Gasteiger charge is 2.41. The molecule has 2 rings (SSSR count). The summed E-state index contributed by atoms with van der Waals surface area (Å²) >= 11 is 1.75. The van der Waals surface area contributed by atoms with Crippen LogP contribution in [-0.2, 0) is 4.79 Å². The van der Waals surface area contributed by atoms with Crippen LogP contribution >= 0.6 is 11.8 Å². The second-order valence-electron chi connectivity index (χ2n) is 5.11. The SMILES string of the molecule is CC(=O)CC(O)C1(Sc2ccccc2)CCCC1. The number of benzene rings is 1. The minimum atomic E-state index is -0.525. The zero-order valence-electron chi connectivity index (χ0n) is 10.8. The molecule has 0 bridgehead atoms. The van der Waals surface area contributed by atoms with E-state index >= 15 is 0 Å². The van der Waals surface area contributed by atoms with Crippen molar-refractivity contribution in [3.63, 3.8) is 0 Å². The van der Waals surface area contributed by atoms with Crippen molar-refractivity contribution < 1.29 is 9.90 Å². The van der Waals surface area contributed by atoms with Crippen LogP contribution in [0.25, 0.3) is 0 Å². The van der Waals surface area contributed by atoms with E-state index in [0.29, 0.717) is 0 Å². The first-order valence-corrected chi connectivity index (χ1v) is 7.36. The number of ketones is 1. The van der Waals surface area contributed by atoms with Gasteiger partial charge >= 0.3 is 0 Å². The zero-order valence-corrected chi connectivity index (χ0v) is 11.6. The lowest BCUT2D eigenvalue weighted by Crippen LogP contribution is -2.37. The molecule has 0 amide bonds. The Balaban J connectivity index is 2.14. The maximum atomic E-state index is 11.2. The quantitative estimate of drug-likeness (QED) is 0.885. The van der Waals surface area contributed by atoms with Gasteiger partial charge in [0.1, 0.15) is 5.78 Å². The van der Waals surface area contributed by atoms with E-state index in [1.54, 1.807) is 18.7 Å². The van der Waals surface area contributed by atoms with Gasteiger partial charge in [-0.15, -0.1) is 11.8 Å². The number of hydrogen-bond donors (Lipinski definition) is 1. The molecule has 98 valence electrons. The van der Waals surface area contributed by atoms with Crippen LogP contribution in [0, 0.1) is 0 Å². The van der Waals surface area contributed by atoms with E-state index in [0.717, 1.165) is 25.7 Å². The normalized spacial score (nSPS) is 19.7. The third-order valence-electron chi connectivity index (χ3n) is 3.60. The molecule has 18 heavy (non-hydrogen) atoms. The summed E-state index contributed by atoms with van der Waals surface area (Å²) in [5.41, 5.74) is 0. The molecule has 0 aromatic heterocycles. The first-order valence-electron chi connectivity index (χ1n) is 6.54. The van der Waals surface area contributed by atoms with Crippen molar-refractivity contribution in [2.45, 2.75) is 54.8 Å². The molecule has 2 nitrogen and oxygen atoms in total. The number of rotatable bonds is 5. The molecule has 0 heterocycles. The Morgan fingerprint density at radius 3 is 2.50 bits per heavy atom. The fraction of sp³-hybridized carbons (Fsp3) is 0.533. The maximum absolute atomic E-state index is 11.2. The smallest absolute Gasteiger partial charge is 0.132 e. The van der Waals surface area contributed by atoms with E-state index in [9.17, 15) is 9.90 Å². The lowest BCUT2D eigenvalue weighted by atomic mass is 9.95. The molecule has 1 fully saturated rings. The van der Waals surface area contributed by atoms with Crippen molar-refractivity contribution in [2.24, 2.45) is 0 Å². The van der Waals surface area contributed by atoms with Gasteiger partial charge in [0.15, 0.2) is 0 Å². The van der Waals surface area contributed by atoms with E-state index < -0.39 is 6.10 Å². The standard InChI is InChI=1S/C15H20O2S/c1-12(16)11-14(17)15(9-5-6-10-15)18-13-7-3-2-4-8-13/h2-4,7-8,14,17H,5-6,9-11H2,1H3. The molecule has 0 saturated heterocycles. The van der Waals surface area contributed by atoms with Gasteiger partial charge in [0.25, 0.3) is 0 Å². The number of carbonyl (C=O) groups excluding carboxylic acids is 1. The third kappa shape index (κ3) is 3.15. The summed E-state index contributed by atoms with van der Waals surface area (Å²) in [4.78, 5) is 12.4. The first-order chi connectivity index (χ1) is 8.62. The van der Waals surface area contributed by atoms with Gasteiger partial charge in [-0.25, -0.2) is 0 Å². The highest BCUT2D eigenvalue weighted by Crippen LogP contribution is 2.48. The Hall–Kier alpha value is -0.800. The highest BCUT2D eigenvalue weighted by atomic mass is 32.2. The van der Waals surface area contributed by atoms with Crippen LogP contribution in [0.5, 0.6) is 0 Å². The van der Waals surface area contributed by atoms with Crippen LogP contribution in [0.2, 0.25) is 0 Å². The van der Waals surface area contributed by atoms with Crippen LogP contribution < -0.4 is 0 Å². The van der Waals surface area contributed by atoms with Crippen molar-refractivity contribution in [1.29, 1.82) is 0 Å². The summed E-state index contributed by atoms with van der Waals surface area (Å²) in [5.74, 6) is 0.0717. The molecule has 0 aliphatic heterocycles. The van der Waals surface area contributed by atoms with Crippen molar-refractivity contribution in [3.8, 4) is 0 Å². The summed E-state index contributed by atoms with van der Waals surface area (Å²) < 4.78 is -0.160. The van der Waals surface area contributed by atoms with E-state index in [-0.39, 0.29) is 17.0 Å². The minimum Gasteiger partial charge on any atom is -0.391 e. The Kier molecular flexibility index (Phi) is 4.46. The number of Topliss-reactive ketones (excluding diaryl/α,β-unsaturated/α-hetero) is 1. The summed E-state index contributed by atoms with van der Waals surface area (Å²) in [7, 11) is 0. The number of hydrogen-bond acceptors (Lipinski definition) is 3. The van der Waals surface area contributed by atoms with Crippen LogP contribution in [0.4, 0.5) is 0 Å². The number of aliphatic hydroxyl groups excluding tert-OH is 1. The van der Waals surface area contributed by atoms with E-state index in [1.807, 2.05) is 18.2 Å². The molecule has 1 N–H and O–H groups in total. The van der Waals surface area contributed by atoms with E-state index in [2.05, 4.69) is 12.1 Å². The molecule has 3 heteroatoms.